The fourth-order valence-corrected chi connectivity index (χ4v) is 4.58. The van der Waals surface area contributed by atoms with Gasteiger partial charge in [0.1, 0.15) is 6.04 Å². The van der Waals surface area contributed by atoms with Crippen molar-refractivity contribution in [2.45, 2.75) is 26.3 Å². The topological polar surface area (TPSA) is 62.3 Å². The number of rotatable bonds is 5. The summed E-state index contributed by atoms with van der Waals surface area (Å²) in [5.41, 5.74) is 2.60. The van der Waals surface area contributed by atoms with Gasteiger partial charge in [0.15, 0.2) is 0 Å². The van der Waals surface area contributed by atoms with Gasteiger partial charge in [-0.15, -0.1) is 23.1 Å². The molecule has 2 heterocycles. The van der Waals surface area contributed by atoms with Crippen LogP contribution < -0.4 is 5.32 Å². The summed E-state index contributed by atoms with van der Waals surface area (Å²) in [4.78, 5) is 31.4. The molecule has 0 spiro atoms. The Labute approximate surface area is 155 Å². The minimum absolute atomic E-state index is 0.0709. The zero-order valence-corrected chi connectivity index (χ0v) is 16.0. The van der Waals surface area contributed by atoms with Gasteiger partial charge in [-0.25, -0.2) is 4.98 Å². The van der Waals surface area contributed by atoms with Gasteiger partial charge < -0.3 is 10.2 Å². The molecule has 1 aromatic heterocycles. The molecule has 1 aliphatic rings. The molecule has 5 nitrogen and oxygen atoms in total. The summed E-state index contributed by atoms with van der Waals surface area (Å²) in [6, 6.07) is 7.10. The maximum Gasteiger partial charge on any atom is 0.255 e. The van der Waals surface area contributed by atoms with Crippen molar-refractivity contribution in [2.24, 2.45) is 0 Å². The predicted molar refractivity (Wildman–Crippen MR) is 102 cm³/mol. The van der Waals surface area contributed by atoms with Gasteiger partial charge >= 0.3 is 0 Å². The Morgan fingerprint density at radius 3 is 2.84 bits per heavy atom. The molecule has 1 N–H and O–H groups in total. The Morgan fingerprint density at radius 1 is 1.32 bits per heavy atom. The average molecular weight is 376 g/mol. The first-order chi connectivity index (χ1) is 12.1. The number of hydrogen-bond donors (Lipinski definition) is 1. The Morgan fingerprint density at radius 2 is 2.12 bits per heavy atom. The van der Waals surface area contributed by atoms with E-state index in [0.717, 1.165) is 16.3 Å². The molecule has 1 fully saturated rings. The molecule has 0 saturated carbocycles. The van der Waals surface area contributed by atoms with Crippen molar-refractivity contribution in [3.05, 3.63) is 51.5 Å². The van der Waals surface area contributed by atoms with E-state index in [4.69, 9.17) is 0 Å². The number of carbonyl (C=O) groups is 2. The molecule has 2 aromatic rings. The van der Waals surface area contributed by atoms with Crippen LogP contribution in [0.2, 0.25) is 0 Å². The van der Waals surface area contributed by atoms with Gasteiger partial charge in [-0.3, -0.25) is 9.59 Å². The molecule has 1 atom stereocenters. The van der Waals surface area contributed by atoms with Crippen molar-refractivity contribution in [1.82, 2.24) is 15.2 Å². The molecule has 0 aliphatic carbocycles. The monoisotopic (exact) mass is 375 g/mol. The highest BCUT2D eigenvalue weighted by Crippen LogP contribution is 2.24. The van der Waals surface area contributed by atoms with E-state index < -0.39 is 6.04 Å². The molecule has 7 heteroatoms. The van der Waals surface area contributed by atoms with E-state index in [0.29, 0.717) is 30.2 Å². The number of amides is 2. The van der Waals surface area contributed by atoms with Gasteiger partial charge in [0.2, 0.25) is 5.91 Å². The lowest BCUT2D eigenvalue weighted by Gasteiger charge is -2.23. The quantitative estimate of drug-likeness (QED) is 0.873. The van der Waals surface area contributed by atoms with Crippen LogP contribution in [-0.2, 0) is 11.2 Å². The number of hydrogen-bond acceptors (Lipinski definition) is 5. The normalized spacial score (nSPS) is 16.9. The Hall–Kier alpha value is -1.86. The summed E-state index contributed by atoms with van der Waals surface area (Å²) in [5.74, 6) is 1.03. The number of carbonyl (C=O) groups excluding carboxylic acids is 2. The third-order valence-corrected chi connectivity index (χ3v) is 6.00. The van der Waals surface area contributed by atoms with Crippen LogP contribution in [0.5, 0.6) is 0 Å². The molecule has 0 radical (unpaired) electrons. The van der Waals surface area contributed by atoms with Crippen LogP contribution >= 0.6 is 23.1 Å². The zero-order valence-electron chi connectivity index (χ0n) is 14.3. The summed E-state index contributed by atoms with van der Waals surface area (Å²) in [5, 5.41) is 6.00. The van der Waals surface area contributed by atoms with Crippen LogP contribution in [0.4, 0.5) is 0 Å². The lowest BCUT2D eigenvalue weighted by atomic mass is 10.1. The minimum Gasteiger partial charge on any atom is -0.354 e. The fraction of sp³-hybridized carbons (Fsp3) is 0.389. The fourth-order valence-electron chi connectivity index (χ4n) is 2.78. The maximum absolute atomic E-state index is 12.8. The second-order valence-electron chi connectivity index (χ2n) is 6.00. The van der Waals surface area contributed by atoms with Crippen molar-refractivity contribution >= 4 is 34.9 Å². The Balaban J connectivity index is 1.59. The summed E-state index contributed by atoms with van der Waals surface area (Å²) in [7, 11) is 0. The van der Waals surface area contributed by atoms with E-state index >= 15 is 0 Å². The largest absolute Gasteiger partial charge is 0.354 e. The van der Waals surface area contributed by atoms with Gasteiger partial charge in [-0.1, -0.05) is 18.2 Å². The van der Waals surface area contributed by atoms with Crippen LogP contribution in [0.25, 0.3) is 0 Å². The molecule has 2 amide bonds. The molecule has 132 valence electrons. The number of nitrogens with one attached hydrogen (secondary N) is 1. The SMILES string of the molecule is Cc1nc(CCNC(=O)[C@H]2CSCN2C(=O)c2ccccc2C)cs1. The second-order valence-corrected chi connectivity index (χ2v) is 8.07. The van der Waals surface area contributed by atoms with E-state index in [9.17, 15) is 9.59 Å². The first-order valence-corrected chi connectivity index (χ1v) is 10.2. The van der Waals surface area contributed by atoms with E-state index in [1.807, 2.05) is 43.5 Å². The number of benzene rings is 1. The molecule has 0 bridgehead atoms. The predicted octanol–water partition coefficient (Wildman–Crippen LogP) is 2.63. The van der Waals surface area contributed by atoms with Gasteiger partial charge in [0.25, 0.3) is 5.91 Å². The molecule has 1 saturated heterocycles. The minimum atomic E-state index is -0.408. The third-order valence-electron chi connectivity index (χ3n) is 4.17. The number of thiazole rings is 1. The first-order valence-electron chi connectivity index (χ1n) is 8.19. The molecule has 3 rings (SSSR count). The average Bonchev–Trinajstić information content (AvgIpc) is 3.23. The molecular weight excluding hydrogens is 354 g/mol. The van der Waals surface area contributed by atoms with Crippen LogP contribution in [-0.4, -0.2) is 45.9 Å². The standard InChI is InChI=1S/C18H21N3O2S2/c1-12-5-3-4-6-15(12)18(23)21-11-24-10-16(21)17(22)19-8-7-14-9-25-13(2)20-14/h3-6,9,16H,7-8,10-11H2,1-2H3,(H,19,22)/t16-/m1/s1. The summed E-state index contributed by atoms with van der Waals surface area (Å²) in [6.45, 7) is 4.43. The summed E-state index contributed by atoms with van der Waals surface area (Å²) < 4.78 is 0. The highest BCUT2D eigenvalue weighted by atomic mass is 32.2. The number of aryl methyl sites for hydroxylation is 2. The van der Waals surface area contributed by atoms with Crippen LogP contribution in [0, 0.1) is 13.8 Å². The van der Waals surface area contributed by atoms with Crippen molar-refractivity contribution < 1.29 is 9.59 Å². The van der Waals surface area contributed by atoms with Gasteiger partial charge in [0.05, 0.1) is 16.6 Å². The van der Waals surface area contributed by atoms with E-state index in [1.165, 1.54) is 0 Å². The Kier molecular flexibility index (Phi) is 5.75. The van der Waals surface area contributed by atoms with Crippen LogP contribution in [0.3, 0.4) is 0 Å². The van der Waals surface area contributed by atoms with Crippen LogP contribution in [0.15, 0.2) is 29.6 Å². The number of thioether (sulfide) groups is 1. The second kappa shape index (κ2) is 8.01. The van der Waals surface area contributed by atoms with E-state index in [1.54, 1.807) is 28.0 Å². The smallest absolute Gasteiger partial charge is 0.255 e. The van der Waals surface area contributed by atoms with Crippen molar-refractivity contribution in [3.8, 4) is 0 Å². The molecule has 25 heavy (non-hydrogen) atoms. The number of nitrogens with zero attached hydrogens (tertiary/aromatic N) is 2. The van der Waals surface area contributed by atoms with Gasteiger partial charge in [-0.05, 0) is 25.5 Å². The summed E-state index contributed by atoms with van der Waals surface area (Å²) in [6.07, 6.45) is 0.710. The first kappa shape index (κ1) is 17.9. The number of aromatic nitrogens is 1. The van der Waals surface area contributed by atoms with Crippen molar-refractivity contribution in [1.29, 1.82) is 0 Å². The Bertz CT molecular complexity index is 775. The lowest BCUT2D eigenvalue weighted by molar-refractivity contribution is -0.124. The van der Waals surface area contributed by atoms with Gasteiger partial charge in [0, 0.05) is 29.7 Å². The maximum atomic E-state index is 12.8. The lowest BCUT2D eigenvalue weighted by Crippen LogP contribution is -2.47. The molecule has 1 aliphatic heterocycles. The van der Waals surface area contributed by atoms with Crippen molar-refractivity contribution in [2.75, 3.05) is 18.2 Å². The van der Waals surface area contributed by atoms with E-state index in [-0.39, 0.29) is 11.8 Å². The summed E-state index contributed by atoms with van der Waals surface area (Å²) >= 11 is 3.23. The van der Waals surface area contributed by atoms with Crippen LogP contribution in [0.1, 0.15) is 26.6 Å². The van der Waals surface area contributed by atoms with Crippen molar-refractivity contribution in [3.63, 3.8) is 0 Å². The van der Waals surface area contributed by atoms with Gasteiger partial charge in [-0.2, -0.15) is 0 Å². The van der Waals surface area contributed by atoms with E-state index in [2.05, 4.69) is 10.3 Å². The zero-order chi connectivity index (χ0) is 17.8. The molecule has 1 aromatic carbocycles. The third kappa shape index (κ3) is 4.22. The molecule has 0 unspecified atom stereocenters. The molecular formula is C18H21N3O2S2. The highest BCUT2D eigenvalue weighted by molar-refractivity contribution is 7.99. The highest BCUT2D eigenvalue weighted by Gasteiger charge is 2.35.